The van der Waals surface area contributed by atoms with E-state index >= 15 is 0 Å². The molecule has 0 radical (unpaired) electrons. The van der Waals surface area contributed by atoms with Crippen LogP contribution in [0.25, 0.3) is 0 Å². The van der Waals surface area contributed by atoms with Crippen molar-refractivity contribution in [3.63, 3.8) is 0 Å². The Hall–Kier alpha value is -0.450. The number of rotatable bonds is 5. The van der Waals surface area contributed by atoms with Crippen LogP contribution in [0.4, 0.5) is 4.39 Å². The molecule has 1 aromatic rings. The Bertz CT molecular complexity index is 417. The van der Waals surface area contributed by atoms with Gasteiger partial charge in [0.15, 0.2) is 0 Å². The molecule has 108 valence electrons. The average molecular weight is 332 g/mol. The van der Waals surface area contributed by atoms with Crippen molar-refractivity contribution < 1.29 is 9.13 Å². The highest BCUT2D eigenvalue weighted by Gasteiger charge is 2.32. The van der Waals surface area contributed by atoms with Crippen molar-refractivity contribution in [2.45, 2.75) is 39.3 Å². The van der Waals surface area contributed by atoms with Gasteiger partial charge in [0.25, 0.3) is 0 Å². The van der Waals surface area contributed by atoms with Crippen LogP contribution in [0.5, 0.6) is 0 Å². The molecule has 0 aromatic heterocycles. The summed E-state index contributed by atoms with van der Waals surface area (Å²) in [6, 6.07) is 5.26. The molecule has 0 aliphatic carbocycles. The Morgan fingerprint density at radius 2 is 2.00 bits per heavy atom. The summed E-state index contributed by atoms with van der Waals surface area (Å²) in [7, 11) is 3.64. The maximum absolute atomic E-state index is 13.6. The van der Waals surface area contributed by atoms with Crippen molar-refractivity contribution in [1.82, 2.24) is 5.32 Å². The summed E-state index contributed by atoms with van der Waals surface area (Å²) in [5.41, 5.74) is 0.966. The van der Waals surface area contributed by atoms with Crippen LogP contribution >= 0.6 is 15.9 Å². The first-order valence-electron chi connectivity index (χ1n) is 6.44. The van der Waals surface area contributed by atoms with E-state index in [4.69, 9.17) is 4.74 Å². The molecule has 1 rings (SSSR count). The van der Waals surface area contributed by atoms with Crippen molar-refractivity contribution >= 4 is 15.9 Å². The van der Waals surface area contributed by atoms with E-state index in [9.17, 15) is 4.39 Å². The van der Waals surface area contributed by atoms with Gasteiger partial charge in [0.05, 0.1) is 10.6 Å². The molecule has 0 saturated heterocycles. The van der Waals surface area contributed by atoms with E-state index < -0.39 is 0 Å². The topological polar surface area (TPSA) is 21.3 Å². The minimum Gasteiger partial charge on any atom is -0.379 e. The summed E-state index contributed by atoms with van der Waals surface area (Å²) >= 11 is 3.32. The van der Waals surface area contributed by atoms with Gasteiger partial charge in [-0.05, 0) is 46.4 Å². The molecule has 0 saturated carbocycles. The Morgan fingerprint density at radius 1 is 1.37 bits per heavy atom. The first-order chi connectivity index (χ1) is 8.81. The van der Waals surface area contributed by atoms with Gasteiger partial charge in [0.1, 0.15) is 5.82 Å². The molecule has 2 unspecified atom stereocenters. The predicted molar refractivity (Wildman–Crippen MR) is 80.9 cm³/mol. The second-order valence-electron chi connectivity index (χ2n) is 5.83. The van der Waals surface area contributed by atoms with Crippen LogP contribution in [0.1, 0.15) is 26.3 Å². The number of hydrogen-bond donors (Lipinski definition) is 1. The molecule has 1 aromatic carbocycles. The highest BCUT2D eigenvalue weighted by Crippen LogP contribution is 2.28. The molecule has 19 heavy (non-hydrogen) atoms. The summed E-state index contributed by atoms with van der Waals surface area (Å²) in [5.74, 6) is -0.225. The van der Waals surface area contributed by atoms with Crippen LogP contribution in [0.2, 0.25) is 0 Å². The zero-order chi connectivity index (χ0) is 14.6. The van der Waals surface area contributed by atoms with Crippen LogP contribution in [-0.4, -0.2) is 26.3 Å². The molecule has 0 bridgehead atoms. The van der Waals surface area contributed by atoms with E-state index in [-0.39, 0.29) is 23.4 Å². The fourth-order valence-corrected chi connectivity index (χ4v) is 2.85. The van der Waals surface area contributed by atoms with E-state index in [0.29, 0.717) is 10.9 Å². The Labute approximate surface area is 123 Å². The van der Waals surface area contributed by atoms with Crippen LogP contribution in [0, 0.1) is 11.2 Å². The fraction of sp³-hybridized carbons (Fsp3) is 0.600. The number of methoxy groups -OCH3 is 1. The third-order valence-electron chi connectivity index (χ3n) is 3.32. The number of halogens is 2. The molecule has 0 amide bonds. The first kappa shape index (κ1) is 16.6. The quantitative estimate of drug-likeness (QED) is 0.886. The molecule has 0 aliphatic heterocycles. The molecule has 1 N–H and O–H groups in total. The van der Waals surface area contributed by atoms with E-state index in [0.717, 1.165) is 5.56 Å². The van der Waals surface area contributed by atoms with Crippen molar-refractivity contribution in [2.75, 3.05) is 14.2 Å². The standard InChI is InChI=1S/C15H23BrFNO/c1-15(2,3)14(19-5)12(18-4)9-10-7-6-8-11(17)13(10)16/h6-8,12,14,18H,9H2,1-5H3. The van der Waals surface area contributed by atoms with E-state index in [1.54, 1.807) is 13.2 Å². The van der Waals surface area contributed by atoms with E-state index in [2.05, 4.69) is 42.0 Å². The second-order valence-corrected chi connectivity index (χ2v) is 6.63. The third kappa shape index (κ3) is 4.26. The molecule has 0 spiro atoms. The molecule has 2 nitrogen and oxygen atoms in total. The maximum atomic E-state index is 13.6. The molecule has 4 heteroatoms. The largest absolute Gasteiger partial charge is 0.379 e. The van der Waals surface area contributed by atoms with Crippen molar-refractivity contribution in [3.05, 3.63) is 34.1 Å². The molecular formula is C15H23BrFNO. The SMILES string of the molecule is CNC(Cc1cccc(F)c1Br)C(OC)C(C)(C)C. The van der Waals surface area contributed by atoms with Gasteiger partial charge in [-0.25, -0.2) is 4.39 Å². The van der Waals surface area contributed by atoms with Crippen LogP contribution in [-0.2, 0) is 11.2 Å². The zero-order valence-corrected chi connectivity index (χ0v) is 13.8. The molecular weight excluding hydrogens is 309 g/mol. The second kappa shape index (κ2) is 6.82. The smallest absolute Gasteiger partial charge is 0.137 e. The minimum atomic E-state index is -0.225. The monoisotopic (exact) mass is 331 g/mol. The summed E-state index contributed by atoms with van der Waals surface area (Å²) < 4.78 is 19.7. The summed E-state index contributed by atoms with van der Waals surface area (Å²) in [6.07, 6.45) is 0.762. The number of ether oxygens (including phenoxy) is 1. The summed E-state index contributed by atoms with van der Waals surface area (Å²) in [5, 5.41) is 3.29. The van der Waals surface area contributed by atoms with Crippen molar-refractivity contribution in [1.29, 1.82) is 0 Å². The van der Waals surface area contributed by atoms with Gasteiger partial charge in [0.2, 0.25) is 0 Å². The highest BCUT2D eigenvalue weighted by atomic mass is 79.9. The molecule has 0 fully saturated rings. The number of likely N-dealkylation sites (N-methyl/N-ethyl adjacent to an activating group) is 1. The lowest BCUT2D eigenvalue weighted by Gasteiger charge is -2.36. The van der Waals surface area contributed by atoms with Gasteiger partial charge >= 0.3 is 0 Å². The Kier molecular flexibility index (Phi) is 5.96. The Balaban J connectivity index is 2.96. The van der Waals surface area contributed by atoms with Gasteiger partial charge in [-0.3, -0.25) is 0 Å². The lowest BCUT2D eigenvalue weighted by molar-refractivity contribution is -0.00926. The fourth-order valence-electron chi connectivity index (χ4n) is 2.42. The van der Waals surface area contributed by atoms with E-state index in [1.807, 2.05) is 13.1 Å². The van der Waals surface area contributed by atoms with Gasteiger partial charge in [-0.2, -0.15) is 0 Å². The number of hydrogen-bond acceptors (Lipinski definition) is 2. The molecule has 0 aliphatic rings. The summed E-state index contributed by atoms with van der Waals surface area (Å²) in [4.78, 5) is 0. The minimum absolute atomic E-state index is 0.0161. The number of nitrogens with one attached hydrogen (secondary N) is 1. The van der Waals surface area contributed by atoms with Gasteiger partial charge in [0, 0.05) is 13.2 Å². The lowest BCUT2D eigenvalue weighted by Crippen LogP contribution is -2.47. The molecule has 0 heterocycles. The lowest BCUT2D eigenvalue weighted by atomic mass is 9.82. The van der Waals surface area contributed by atoms with Crippen LogP contribution in [0.15, 0.2) is 22.7 Å². The Morgan fingerprint density at radius 3 is 2.47 bits per heavy atom. The van der Waals surface area contributed by atoms with Crippen molar-refractivity contribution in [3.8, 4) is 0 Å². The van der Waals surface area contributed by atoms with Gasteiger partial charge < -0.3 is 10.1 Å². The maximum Gasteiger partial charge on any atom is 0.137 e. The number of benzene rings is 1. The highest BCUT2D eigenvalue weighted by molar-refractivity contribution is 9.10. The first-order valence-corrected chi connectivity index (χ1v) is 7.23. The van der Waals surface area contributed by atoms with E-state index in [1.165, 1.54) is 6.07 Å². The normalized spacial score (nSPS) is 15.3. The van der Waals surface area contributed by atoms with Gasteiger partial charge in [-0.15, -0.1) is 0 Å². The van der Waals surface area contributed by atoms with Crippen molar-refractivity contribution in [2.24, 2.45) is 5.41 Å². The zero-order valence-electron chi connectivity index (χ0n) is 12.3. The van der Waals surface area contributed by atoms with Crippen LogP contribution in [0.3, 0.4) is 0 Å². The predicted octanol–water partition coefficient (Wildman–Crippen LogP) is 3.78. The average Bonchev–Trinajstić information content (AvgIpc) is 2.32. The van der Waals surface area contributed by atoms with Gasteiger partial charge in [-0.1, -0.05) is 32.9 Å². The van der Waals surface area contributed by atoms with Crippen LogP contribution < -0.4 is 5.32 Å². The molecule has 2 atom stereocenters. The summed E-state index contributed by atoms with van der Waals surface area (Å²) in [6.45, 7) is 6.43. The third-order valence-corrected chi connectivity index (χ3v) is 4.20.